The summed E-state index contributed by atoms with van der Waals surface area (Å²) < 4.78 is 7.63. The second-order valence-corrected chi connectivity index (χ2v) is 4.35. The average molecular weight is 244 g/mol. The highest BCUT2D eigenvalue weighted by atomic mass is 16.5. The number of ether oxygens (including phenoxy) is 1. The molecule has 1 aliphatic rings. The molecule has 18 heavy (non-hydrogen) atoms. The Morgan fingerprint density at radius 2 is 2.11 bits per heavy atom. The standard InChI is InChI=1S/C13H16N4O/c1-3-12(17-10-2-7-15-17)16-13(4-1)18-11-5-8-14-9-6-11/h1-4,7,10-11,14H,5-6,8-9H2. The van der Waals surface area contributed by atoms with Crippen molar-refractivity contribution in [1.82, 2.24) is 20.1 Å². The van der Waals surface area contributed by atoms with Crippen molar-refractivity contribution < 1.29 is 4.74 Å². The third kappa shape index (κ3) is 2.51. The van der Waals surface area contributed by atoms with Gasteiger partial charge < -0.3 is 10.1 Å². The van der Waals surface area contributed by atoms with Crippen LogP contribution in [0.4, 0.5) is 0 Å². The molecule has 0 radical (unpaired) electrons. The molecule has 2 aromatic rings. The highest BCUT2D eigenvalue weighted by molar-refractivity contribution is 5.26. The van der Waals surface area contributed by atoms with Gasteiger partial charge >= 0.3 is 0 Å². The molecule has 0 bridgehead atoms. The van der Waals surface area contributed by atoms with Crippen LogP contribution in [0.25, 0.3) is 5.82 Å². The molecule has 1 aliphatic heterocycles. The van der Waals surface area contributed by atoms with E-state index < -0.39 is 0 Å². The third-order valence-corrected chi connectivity index (χ3v) is 3.02. The topological polar surface area (TPSA) is 52.0 Å². The molecule has 0 unspecified atom stereocenters. The summed E-state index contributed by atoms with van der Waals surface area (Å²) in [5.74, 6) is 1.46. The van der Waals surface area contributed by atoms with Crippen LogP contribution in [-0.2, 0) is 0 Å². The summed E-state index contributed by atoms with van der Waals surface area (Å²) in [5.41, 5.74) is 0. The van der Waals surface area contributed by atoms with E-state index in [4.69, 9.17) is 4.74 Å². The average Bonchev–Trinajstić information content (AvgIpc) is 2.94. The molecule has 3 rings (SSSR count). The van der Waals surface area contributed by atoms with Crippen molar-refractivity contribution >= 4 is 0 Å². The molecule has 1 N–H and O–H groups in total. The Morgan fingerprint density at radius 1 is 1.22 bits per heavy atom. The first-order valence-electron chi connectivity index (χ1n) is 6.26. The van der Waals surface area contributed by atoms with Crippen molar-refractivity contribution in [3.63, 3.8) is 0 Å². The van der Waals surface area contributed by atoms with E-state index in [1.54, 1.807) is 10.9 Å². The van der Waals surface area contributed by atoms with E-state index in [-0.39, 0.29) is 6.10 Å². The molecule has 94 valence electrons. The zero-order valence-electron chi connectivity index (χ0n) is 10.1. The first kappa shape index (κ1) is 11.2. The number of pyridine rings is 1. The summed E-state index contributed by atoms with van der Waals surface area (Å²) >= 11 is 0. The number of rotatable bonds is 3. The van der Waals surface area contributed by atoms with Crippen LogP contribution < -0.4 is 10.1 Å². The summed E-state index contributed by atoms with van der Waals surface area (Å²) in [6, 6.07) is 7.64. The fourth-order valence-electron chi connectivity index (χ4n) is 2.09. The Kier molecular flexibility index (Phi) is 3.23. The van der Waals surface area contributed by atoms with Gasteiger partial charge in [0.15, 0.2) is 5.82 Å². The van der Waals surface area contributed by atoms with Crippen LogP contribution in [0.5, 0.6) is 5.88 Å². The van der Waals surface area contributed by atoms with Crippen molar-refractivity contribution in [2.45, 2.75) is 18.9 Å². The molecule has 0 atom stereocenters. The van der Waals surface area contributed by atoms with Crippen LogP contribution in [0.2, 0.25) is 0 Å². The second-order valence-electron chi connectivity index (χ2n) is 4.35. The normalized spacial score (nSPS) is 16.7. The lowest BCUT2D eigenvalue weighted by molar-refractivity contribution is 0.156. The van der Waals surface area contributed by atoms with Crippen LogP contribution in [0.15, 0.2) is 36.7 Å². The molecule has 1 fully saturated rings. The lowest BCUT2D eigenvalue weighted by Crippen LogP contribution is -2.34. The van der Waals surface area contributed by atoms with E-state index in [0.717, 1.165) is 31.7 Å². The van der Waals surface area contributed by atoms with Crippen molar-refractivity contribution in [3.05, 3.63) is 36.7 Å². The van der Waals surface area contributed by atoms with E-state index in [1.165, 1.54) is 0 Å². The summed E-state index contributed by atoms with van der Waals surface area (Å²) in [7, 11) is 0. The molecule has 1 saturated heterocycles. The number of nitrogens with one attached hydrogen (secondary N) is 1. The molecule has 0 spiro atoms. The van der Waals surface area contributed by atoms with Gasteiger partial charge in [0.1, 0.15) is 6.10 Å². The van der Waals surface area contributed by atoms with Crippen LogP contribution in [0.1, 0.15) is 12.8 Å². The maximum absolute atomic E-state index is 5.90. The summed E-state index contributed by atoms with van der Waals surface area (Å²) in [6.45, 7) is 2.03. The van der Waals surface area contributed by atoms with Crippen molar-refractivity contribution in [3.8, 4) is 11.7 Å². The van der Waals surface area contributed by atoms with E-state index in [0.29, 0.717) is 5.88 Å². The van der Waals surface area contributed by atoms with Gasteiger partial charge in [0.25, 0.3) is 0 Å². The fraction of sp³-hybridized carbons (Fsp3) is 0.385. The van der Waals surface area contributed by atoms with E-state index >= 15 is 0 Å². The Hall–Kier alpha value is -1.88. The molecule has 5 heteroatoms. The molecule has 0 aromatic carbocycles. The molecular weight excluding hydrogens is 228 g/mol. The number of hydrogen-bond donors (Lipinski definition) is 1. The van der Waals surface area contributed by atoms with Gasteiger partial charge in [-0.1, -0.05) is 6.07 Å². The Bertz CT molecular complexity index is 491. The lowest BCUT2D eigenvalue weighted by atomic mass is 10.1. The van der Waals surface area contributed by atoms with Crippen molar-refractivity contribution in [1.29, 1.82) is 0 Å². The number of nitrogens with zero attached hydrogens (tertiary/aromatic N) is 3. The zero-order chi connectivity index (χ0) is 12.2. The third-order valence-electron chi connectivity index (χ3n) is 3.02. The lowest BCUT2D eigenvalue weighted by Gasteiger charge is -2.23. The molecule has 0 amide bonds. The van der Waals surface area contributed by atoms with E-state index in [9.17, 15) is 0 Å². The van der Waals surface area contributed by atoms with Crippen LogP contribution >= 0.6 is 0 Å². The molecule has 0 aliphatic carbocycles. The number of hydrogen-bond acceptors (Lipinski definition) is 4. The van der Waals surface area contributed by atoms with Gasteiger partial charge in [-0.25, -0.2) is 4.68 Å². The smallest absolute Gasteiger partial charge is 0.215 e. The molecule has 3 heterocycles. The highest BCUT2D eigenvalue weighted by Crippen LogP contribution is 2.15. The first-order valence-corrected chi connectivity index (χ1v) is 6.26. The zero-order valence-corrected chi connectivity index (χ0v) is 10.1. The number of piperidine rings is 1. The van der Waals surface area contributed by atoms with Crippen molar-refractivity contribution in [2.75, 3.05) is 13.1 Å². The van der Waals surface area contributed by atoms with Gasteiger partial charge in [-0.2, -0.15) is 10.1 Å². The summed E-state index contributed by atoms with van der Waals surface area (Å²) in [6.07, 6.45) is 5.95. The largest absolute Gasteiger partial charge is 0.474 e. The fourth-order valence-corrected chi connectivity index (χ4v) is 2.09. The maximum atomic E-state index is 5.90. The quantitative estimate of drug-likeness (QED) is 0.886. The van der Waals surface area contributed by atoms with Gasteiger partial charge in [0.05, 0.1) is 0 Å². The summed E-state index contributed by atoms with van der Waals surface area (Å²) in [5, 5.41) is 7.48. The number of aromatic nitrogens is 3. The van der Waals surface area contributed by atoms with Gasteiger partial charge in [-0.05, 0) is 38.1 Å². The predicted octanol–water partition coefficient (Wildman–Crippen LogP) is 1.40. The minimum absolute atomic E-state index is 0.270. The molecule has 2 aromatic heterocycles. The van der Waals surface area contributed by atoms with Gasteiger partial charge in [-0.15, -0.1) is 0 Å². The predicted molar refractivity (Wildman–Crippen MR) is 67.9 cm³/mol. The van der Waals surface area contributed by atoms with E-state index in [2.05, 4.69) is 15.4 Å². The SMILES string of the molecule is c1cc(OC2CCNCC2)nc(-n2cccn2)c1. The van der Waals surface area contributed by atoms with Gasteiger partial charge in [0, 0.05) is 18.5 Å². The van der Waals surface area contributed by atoms with Crippen LogP contribution in [0.3, 0.4) is 0 Å². The Labute approximate surface area is 106 Å². The van der Waals surface area contributed by atoms with E-state index in [1.807, 2.05) is 30.5 Å². The minimum Gasteiger partial charge on any atom is -0.474 e. The van der Waals surface area contributed by atoms with Crippen LogP contribution in [-0.4, -0.2) is 34.0 Å². The Morgan fingerprint density at radius 3 is 2.89 bits per heavy atom. The highest BCUT2D eigenvalue weighted by Gasteiger charge is 2.15. The maximum Gasteiger partial charge on any atom is 0.215 e. The second kappa shape index (κ2) is 5.18. The first-order chi connectivity index (χ1) is 8.92. The minimum atomic E-state index is 0.270. The van der Waals surface area contributed by atoms with Crippen LogP contribution in [0, 0.1) is 0 Å². The molecular formula is C13H16N4O. The summed E-state index contributed by atoms with van der Waals surface area (Å²) in [4.78, 5) is 4.47. The van der Waals surface area contributed by atoms with Gasteiger partial charge in [0.2, 0.25) is 5.88 Å². The monoisotopic (exact) mass is 244 g/mol. The van der Waals surface area contributed by atoms with Gasteiger partial charge in [-0.3, -0.25) is 0 Å². The molecule has 5 nitrogen and oxygen atoms in total. The molecule has 0 saturated carbocycles. The van der Waals surface area contributed by atoms with Crippen molar-refractivity contribution in [2.24, 2.45) is 0 Å². The Balaban J connectivity index is 1.74.